The van der Waals surface area contributed by atoms with E-state index in [0.29, 0.717) is 11.5 Å². The van der Waals surface area contributed by atoms with Gasteiger partial charge in [0.25, 0.3) is 0 Å². The second kappa shape index (κ2) is 6.55. The molecule has 1 rings (SSSR count). The third-order valence-corrected chi connectivity index (χ3v) is 5.08. The van der Waals surface area contributed by atoms with Crippen LogP contribution in [0.15, 0.2) is 0 Å². The normalized spacial score (nSPS) is 24.2. The zero-order valence-electron chi connectivity index (χ0n) is 13.8. The fraction of sp³-hybridized carbons (Fsp3) is 1.00. The Morgan fingerprint density at radius 1 is 1.21 bits per heavy atom. The summed E-state index contributed by atoms with van der Waals surface area (Å²) in [6.45, 7) is 14.1. The number of piperidine rings is 1. The molecule has 1 fully saturated rings. The standard InChI is InChI=1S/C16H34N2O/c1-13(11-16(5,12-19)17-6)18-9-7-14(8-10-18)15(2,3)4/h13-14,17,19H,7-12H2,1-6H3. The fourth-order valence-electron chi connectivity index (χ4n) is 3.23. The molecule has 1 aliphatic rings. The molecular formula is C16H34N2O. The number of hydrogen-bond acceptors (Lipinski definition) is 3. The number of nitrogens with one attached hydrogen (secondary N) is 1. The summed E-state index contributed by atoms with van der Waals surface area (Å²) in [7, 11) is 1.94. The van der Waals surface area contributed by atoms with E-state index in [2.05, 4.69) is 44.8 Å². The van der Waals surface area contributed by atoms with Crippen LogP contribution in [0.4, 0.5) is 0 Å². The summed E-state index contributed by atoms with van der Waals surface area (Å²) in [5.74, 6) is 0.851. The molecule has 0 aromatic rings. The van der Waals surface area contributed by atoms with Gasteiger partial charge in [-0.1, -0.05) is 20.8 Å². The average Bonchev–Trinajstić information content (AvgIpc) is 2.37. The second-order valence-corrected chi connectivity index (χ2v) is 7.70. The van der Waals surface area contributed by atoms with Gasteiger partial charge >= 0.3 is 0 Å². The van der Waals surface area contributed by atoms with Crippen molar-refractivity contribution >= 4 is 0 Å². The zero-order valence-corrected chi connectivity index (χ0v) is 13.8. The van der Waals surface area contributed by atoms with Crippen molar-refractivity contribution in [1.29, 1.82) is 0 Å². The Kier molecular flexibility index (Phi) is 5.84. The SMILES string of the molecule is CNC(C)(CO)CC(C)N1CCC(C(C)(C)C)CC1. The van der Waals surface area contributed by atoms with Gasteiger partial charge < -0.3 is 15.3 Å². The van der Waals surface area contributed by atoms with Crippen molar-refractivity contribution in [1.82, 2.24) is 10.2 Å². The van der Waals surface area contributed by atoms with E-state index in [0.717, 1.165) is 12.3 Å². The highest BCUT2D eigenvalue weighted by Crippen LogP contribution is 2.35. The third-order valence-electron chi connectivity index (χ3n) is 5.08. The van der Waals surface area contributed by atoms with Crippen LogP contribution in [0.3, 0.4) is 0 Å². The molecule has 2 N–H and O–H groups in total. The van der Waals surface area contributed by atoms with Crippen LogP contribution >= 0.6 is 0 Å². The van der Waals surface area contributed by atoms with Crippen LogP contribution in [0.5, 0.6) is 0 Å². The van der Waals surface area contributed by atoms with E-state index in [9.17, 15) is 5.11 Å². The predicted octanol–water partition coefficient (Wildman–Crippen LogP) is 2.49. The molecule has 1 aliphatic heterocycles. The van der Waals surface area contributed by atoms with Gasteiger partial charge in [0.05, 0.1) is 6.61 Å². The molecule has 2 atom stereocenters. The first-order valence-electron chi connectivity index (χ1n) is 7.75. The highest BCUT2D eigenvalue weighted by Gasteiger charge is 2.32. The van der Waals surface area contributed by atoms with Crippen LogP contribution in [0.25, 0.3) is 0 Å². The second-order valence-electron chi connectivity index (χ2n) is 7.70. The lowest BCUT2D eigenvalue weighted by Gasteiger charge is -2.43. The molecule has 0 bridgehead atoms. The Morgan fingerprint density at radius 3 is 2.11 bits per heavy atom. The van der Waals surface area contributed by atoms with Gasteiger partial charge in [-0.05, 0) is 64.6 Å². The summed E-state index contributed by atoms with van der Waals surface area (Å²) in [5, 5.41) is 12.8. The highest BCUT2D eigenvalue weighted by atomic mass is 16.3. The highest BCUT2D eigenvalue weighted by molar-refractivity contribution is 4.88. The van der Waals surface area contributed by atoms with Crippen molar-refractivity contribution < 1.29 is 5.11 Å². The lowest BCUT2D eigenvalue weighted by Crippen LogP contribution is -2.51. The van der Waals surface area contributed by atoms with Crippen LogP contribution in [0.2, 0.25) is 0 Å². The Balaban J connectivity index is 2.47. The van der Waals surface area contributed by atoms with Gasteiger partial charge in [0.1, 0.15) is 0 Å². The molecule has 3 heteroatoms. The maximum absolute atomic E-state index is 9.50. The Bertz CT molecular complexity index is 260. The van der Waals surface area contributed by atoms with Crippen molar-refractivity contribution in [2.75, 3.05) is 26.7 Å². The van der Waals surface area contributed by atoms with Crippen molar-refractivity contribution in [2.45, 2.75) is 65.5 Å². The third kappa shape index (κ3) is 4.73. The van der Waals surface area contributed by atoms with Crippen molar-refractivity contribution in [3.63, 3.8) is 0 Å². The molecule has 1 saturated heterocycles. The number of likely N-dealkylation sites (N-methyl/N-ethyl adjacent to an activating group) is 1. The molecular weight excluding hydrogens is 236 g/mol. The summed E-state index contributed by atoms with van der Waals surface area (Å²) >= 11 is 0. The van der Waals surface area contributed by atoms with Crippen LogP contribution in [-0.4, -0.2) is 48.3 Å². The van der Waals surface area contributed by atoms with Crippen molar-refractivity contribution in [3.05, 3.63) is 0 Å². The van der Waals surface area contributed by atoms with Gasteiger partial charge in [-0.2, -0.15) is 0 Å². The number of nitrogens with zero attached hydrogens (tertiary/aromatic N) is 1. The predicted molar refractivity (Wildman–Crippen MR) is 82.4 cm³/mol. The molecule has 0 aromatic heterocycles. The van der Waals surface area contributed by atoms with Crippen molar-refractivity contribution in [3.8, 4) is 0 Å². The van der Waals surface area contributed by atoms with Crippen LogP contribution in [0, 0.1) is 11.3 Å². The summed E-state index contributed by atoms with van der Waals surface area (Å²) in [5.41, 5.74) is 0.292. The summed E-state index contributed by atoms with van der Waals surface area (Å²) in [6.07, 6.45) is 3.62. The molecule has 114 valence electrons. The molecule has 2 unspecified atom stereocenters. The summed E-state index contributed by atoms with van der Waals surface area (Å²) in [4.78, 5) is 2.59. The minimum Gasteiger partial charge on any atom is -0.394 e. The largest absolute Gasteiger partial charge is 0.394 e. The number of aliphatic hydroxyl groups is 1. The van der Waals surface area contributed by atoms with Crippen LogP contribution in [0.1, 0.15) is 53.9 Å². The first kappa shape index (κ1) is 16.9. The molecule has 0 amide bonds. The smallest absolute Gasteiger partial charge is 0.0611 e. The molecule has 0 spiro atoms. The molecule has 0 aliphatic carbocycles. The molecule has 0 aromatic carbocycles. The molecule has 19 heavy (non-hydrogen) atoms. The van der Waals surface area contributed by atoms with Gasteiger partial charge in [-0.3, -0.25) is 0 Å². The number of aliphatic hydroxyl groups excluding tert-OH is 1. The number of rotatable bonds is 5. The van der Waals surface area contributed by atoms with Gasteiger partial charge in [0.15, 0.2) is 0 Å². The summed E-state index contributed by atoms with van der Waals surface area (Å²) < 4.78 is 0. The van der Waals surface area contributed by atoms with E-state index in [1.54, 1.807) is 0 Å². The monoisotopic (exact) mass is 270 g/mol. The van der Waals surface area contributed by atoms with E-state index >= 15 is 0 Å². The fourth-order valence-corrected chi connectivity index (χ4v) is 3.23. The first-order valence-corrected chi connectivity index (χ1v) is 7.75. The van der Waals surface area contributed by atoms with Gasteiger partial charge in [-0.25, -0.2) is 0 Å². The van der Waals surface area contributed by atoms with Gasteiger partial charge in [-0.15, -0.1) is 0 Å². The van der Waals surface area contributed by atoms with Crippen molar-refractivity contribution in [2.24, 2.45) is 11.3 Å². The van der Waals surface area contributed by atoms with Gasteiger partial charge in [0, 0.05) is 11.6 Å². The number of hydrogen-bond donors (Lipinski definition) is 2. The first-order chi connectivity index (χ1) is 8.72. The summed E-state index contributed by atoms with van der Waals surface area (Å²) in [6, 6.07) is 0.533. The molecule has 0 radical (unpaired) electrons. The van der Waals surface area contributed by atoms with Gasteiger partial charge in [0.2, 0.25) is 0 Å². The quantitative estimate of drug-likeness (QED) is 0.806. The molecule has 0 saturated carbocycles. The minimum absolute atomic E-state index is 0.152. The average molecular weight is 270 g/mol. The zero-order chi connectivity index (χ0) is 14.7. The van der Waals surface area contributed by atoms with Crippen LogP contribution in [-0.2, 0) is 0 Å². The molecule has 1 heterocycles. The number of likely N-dealkylation sites (tertiary alicyclic amines) is 1. The van der Waals surface area contributed by atoms with E-state index in [4.69, 9.17) is 0 Å². The van der Waals surface area contributed by atoms with E-state index in [1.807, 2.05) is 7.05 Å². The Labute approximate surface area is 119 Å². The van der Waals surface area contributed by atoms with Crippen LogP contribution < -0.4 is 5.32 Å². The Morgan fingerprint density at radius 2 is 1.74 bits per heavy atom. The lowest BCUT2D eigenvalue weighted by molar-refractivity contribution is 0.0652. The Hall–Kier alpha value is -0.120. The maximum Gasteiger partial charge on any atom is 0.0611 e. The topological polar surface area (TPSA) is 35.5 Å². The lowest BCUT2D eigenvalue weighted by atomic mass is 9.75. The van der Waals surface area contributed by atoms with E-state index in [1.165, 1.54) is 25.9 Å². The van der Waals surface area contributed by atoms with E-state index < -0.39 is 0 Å². The molecule has 3 nitrogen and oxygen atoms in total. The minimum atomic E-state index is -0.152. The van der Waals surface area contributed by atoms with E-state index in [-0.39, 0.29) is 12.1 Å². The maximum atomic E-state index is 9.50.